The number of amides is 2. The Labute approximate surface area is 252 Å². The largest absolute Gasteiger partial charge is 0.490 e. The molecule has 0 unspecified atom stereocenters. The van der Waals surface area contributed by atoms with Gasteiger partial charge in [-0.15, -0.1) is 0 Å². The second-order valence-corrected chi connectivity index (χ2v) is 11.4. The Bertz CT molecular complexity index is 1280. The third kappa shape index (κ3) is 9.09. The zero-order valence-corrected chi connectivity index (χ0v) is 25.7. The van der Waals surface area contributed by atoms with Crippen molar-refractivity contribution in [1.29, 1.82) is 0 Å². The van der Waals surface area contributed by atoms with Crippen LogP contribution in [-0.4, -0.2) is 42.0 Å². The molecule has 3 aromatic carbocycles. The molecule has 218 valence electrons. The first-order chi connectivity index (χ1) is 20.0. The maximum atomic E-state index is 14.0. The fourth-order valence-electron chi connectivity index (χ4n) is 5.40. The summed E-state index contributed by atoms with van der Waals surface area (Å²) in [6.07, 6.45) is 5.49. The van der Waals surface area contributed by atoms with E-state index in [0.717, 1.165) is 46.8 Å². The van der Waals surface area contributed by atoms with Gasteiger partial charge in [-0.2, -0.15) is 0 Å². The molecular weight excluding hydrogens is 580 g/mol. The molecule has 0 aromatic heterocycles. The highest BCUT2D eigenvalue weighted by atomic mass is 79.9. The summed E-state index contributed by atoms with van der Waals surface area (Å²) >= 11 is 3.56. The van der Waals surface area contributed by atoms with Crippen molar-refractivity contribution in [3.63, 3.8) is 0 Å². The Morgan fingerprint density at radius 2 is 1.59 bits per heavy atom. The Morgan fingerprint density at radius 1 is 0.878 bits per heavy atom. The molecule has 3 aromatic rings. The number of benzene rings is 3. The molecule has 2 amide bonds. The predicted molar refractivity (Wildman–Crippen MR) is 166 cm³/mol. The van der Waals surface area contributed by atoms with Gasteiger partial charge in [0, 0.05) is 29.9 Å². The van der Waals surface area contributed by atoms with Gasteiger partial charge in [0.1, 0.15) is 6.04 Å². The van der Waals surface area contributed by atoms with Crippen LogP contribution in [0.2, 0.25) is 0 Å². The van der Waals surface area contributed by atoms with Gasteiger partial charge in [0.25, 0.3) is 0 Å². The van der Waals surface area contributed by atoms with Gasteiger partial charge in [0.2, 0.25) is 11.8 Å². The molecule has 1 aliphatic carbocycles. The van der Waals surface area contributed by atoms with Crippen LogP contribution in [0.4, 0.5) is 0 Å². The molecule has 0 bridgehead atoms. The van der Waals surface area contributed by atoms with Crippen LogP contribution in [0.5, 0.6) is 11.5 Å². The van der Waals surface area contributed by atoms with Crippen LogP contribution < -0.4 is 14.8 Å². The van der Waals surface area contributed by atoms with Gasteiger partial charge in [-0.1, -0.05) is 77.3 Å². The van der Waals surface area contributed by atoms with E-state index in [1.54, 1.807) is 4.90 Å². The van der Waals surface area contributed by atoms with E-state index in [4.69, 9.17) is 9.47 Å². The summed E-state index contributed by atoms with van der Waals surface area (Å²) in [6.45, 7) is 5.31. The number of carbonyl (C=O) groups excluding carboxylic acids is 2. The molecule has 0 saturated heterocycles. The molecule has 4 rings (SSSR count). The number of carbonyl (C=O) groups is 2. The molecule has 6 nitrogen and oxygen atoms in total. The lowest BCUT2D eigenvalue weighted by Crippen LogP contribution is -2.52. The van der Waals surface area contributed by atoms with Crippen molar-refractivity contribution in [2.45, 2.75) is 77.4 Å². The van der Waals surface area contributed by atoms with Crippen LogP contribution in [0.25, 0.3) is 0 Å². The van der Waals surface area contributed by atoms with Crippen LogP contribution in [-0.2, 0) is 29.0 Å². The number of ether oxygens (including phenoxy) is 2. The highest BCUT2D eigenvalue weighted by Gasteiger charge is 2.32. The third-order valence-electron chi connectivity index (χ3n) is 7.45. The fourth-order valence-corrected chi connectivity index (χ4v) is 5.85. The van der Waals surface area contributed by atoms with E-state index in [2.05, 4.69) is 21.2 Å². The summed E-state index contributed by atoms with van der Waals surface area (Å²) in [5.41, 5.74) is 2.99. The number of halogens is 1. The van der Waals surface area contributed by atoms with E-state index in [1.165, 1.54) is 0 Å². The van der Waals surface area contributed by atoms with Crippen molar-refractivity contribution < 1.29 is 19.1 Å². The van der Waals surface area contributed by atoms with Crippen molar-refractivity contribution in [3.05, 3.63) is 94.0 Å². The van der Waals surface area contributed by atoms with E-state index in [9.17, 15) is 9.59 Å². The second-order valence-electron chi connectivity index (χ2n) is 10.5. The average Bonchev–Trinajstić information content (AvgIpc) is 3.48. The van der Waals surface area contributed by atoms with Crippen molar-refractivity contribution >= 4 is 27.7 Å². The summed E-state index contributed by atoms with van der Waals surface area (Å²) in [4.78, 5) is 29.7. The molecule has 1 aliphatic rings. The van der Waals surface area contributed by atoms with E-state index in [-0.39, 0.29) is 24.3 Å². The van der Waals surface area contributed by atoms with Crippen molar-refractivity contribution in [1.82, 2.24) is 10.2 Å². The molecule has 0 heterocycles. The minimum atomic E-state index is -0.621. The molecule has 1 fully saturated rings. The van der Waals surface area contributed by atoms with Crippen molar-refractivity contribution in [2.24, 2.45) is 0 Å². The number of hydrogen-bond donors (Lipinski definition) is 1. The van der Waals surface area contributed by atoms with E-state index < -0.39 is 6.04 Å². The maximum absolute atomic E-state index is 14.0. The highest BCUT2D eigenvalue weighted by molar-refractivity contribution is 9.10. The number of aryl methyl sites for hydroxylation is 1. The molecule has 41 heavy (non-hydrogen) atoms. The molecule has 1 atom stereocenters. The third-order valence-corrected chi connectivity index (χ3v) is 7.94. The quantitative estimate of drug-likeness (QED) is 0.213. The van der Waals surface area contributed by atoms with Crippen molar-refractivity contribution in [3.8, 4) is 11.5 Å². The Morgan fingerprint density at radius 3 is 2.29 bits per heavy atom. The van der Waals surface area contributed by atoms with E-state index >= 15 is 0 Å². The van der Waals surface area contributed by atoms with Gasteiger partial charge in [0.15, 0.2) is 11.5 Å². The minimum Gasteiger partial charge on any atom is -0.490 e. The SMILES string of the molecule is CCOc1ccc(CCC(=O)N(Cc2cccc(Br)c2)[C@@H](Cc2ccccc2)C(=O)NC2CCCC2)cc1OCC. The molecule has 0 aliphatic heterocycles. The summed E-state index contributed by atoms with van der Waals surface area (Å²) < 4.78 is 12.4. The molecule has 0 spiro atoms. The van der Waals surface area contributed by atoms with Crippen molar-refractivity contribution in [2.75, 3.05) is 13.2 Å². The second kappa shape index (κ2) is 15.6. The Kier molecular flexibility index (Phi) is 11.7. The van der Waals surface area contributed by atoms with E-state index in [1.807, 2.05) is 86.6 Å². The normalized spacial score (nSPS) is 13.9. The van der Waals surface area contributed by atoms with Crippen LogP contribution in [0, 0.1) is 0 Å². The number of rotatable bonds is 14. The molecule has 7 heteroatoms. The van der Waals surface area contributed by atoms with Gasteiger partial charge < -0.3 is 19.7 Å². The lowest BCUT2D eigenvalue weighted by molar-refractivity contribution is -0.141. The number of nitrogens with zero attached hydrogens (tertiary/aromatic N) is 1. The summed E-state index contributed by atoms with van der Waals surface area (Å²) in [5, 5.41) is 3.27. The molecule has 1 saturated carbocycles. The molecule has 0 radical (unpaired) electrons. The van der Waals surface area contributed by atoms with E-state index in [0.29, 0.717) is 44.1 Å². The smallest absolute Gasteiger partial charge is 0.243 e. The Balaban J connectivity index is 1.60. The zero-order chi connectivity index (χ0) is 29.0. The summed E-state index contributed by atoms with van der Waals surface area (Å²) in [6, 6.07) is 23.3. The summed E-state index contributed by atoms with van der Waals surface area (Å²) in [7, 11) is 0. The highest BCUT2D eigenvalue weighted by Crippen LogP contribution is 2.29. The molecule has 1 N–H and O–H groups in total. The lowest BCUT2D eigenvalue weighted by Gasteiger charge is -2.32. The molecular formula is C34H41BrN2O4. The first-order valence-corrected chi connectivity index (χ1v) is 15.5. The van der Waals surface area contributed by atoms with Gasteiger partial charge in [-0.3, -0.25) is 9.59 Å². The van der Waals surface area contributed by atoms with Gasteiger partial charge in [-0.25, -0.2) is 0 Å². The first kappa shape index (κ1) is 30.6. The zero-order valence-electron chi connectivity index (χ0n) is 24.1. The van der Waals surface area contributed by atoms with Crippen LogP contribution in [0.3, 0.4) is 0 Å². The van der Waals surface area contributed by atoms with Crippen LogP contribution >= 0.6 is 15.9 Å². The summed E-state index contributed by atoms with van der Waals surface area (Å²) in [5.74, 6) is 1.25. The topological polar surface area (TPSA) is 67.9 Å². The van der Waals surface area contributed by atoms with Gasteiger partial charge in [0.05, 0.1) is 13.2 Å². The predicted octanol–water partition coefficient (Wildman–Crippen LogP) is 6.88. The minimum absolute atomic E-state index is 0.0562. The Hall–Kier alpha value is -3.32. The maximum Gasteiger partial charge on any atom is 0.243 e. The number of hydrogen-bond acceptors (Lipinski definition) is 4. The number of nitrogens with one attached hydrogen (secondary N) is 1. The monoisotopic (exact) mass is 620 g/mol. The fraction of sp³-hybridized carbons (Fsp3) is 0.412. The first-order valence-electron chi connectivity index (χ1n) is 14.7. The van der Waals surface area contributed by atoms with Crippen LogP contribution in [0.15, 0.2) is 77.3 Å². The lowest BCUT2D eigenvalue weighted by atomic mass is 10.0. The van der Waals surface area contributed by atoms with Gasteiger partial charge >= 0.3 is 0 Å². The average molecular weight is 622 g/mol. The van der Waals surface area contributed by atoms with Crippen LogP contribution in [0.1, 0.15) is 62.6 Å². The van der Waals surface area contributed by atoms with Gasteiger partial charge in [-0.05, 0) is 74.1 Å². The standard InChI is InChI=1S/C34H41BrN2O4/c1-3-40-31-19-17-26(23-32(31)41-4-2)18-20-33(38)37(24-27-13-10-14-28(35)21-27)30(22-25-11-6-5-7-12-25)34(39)36-29-15-8-9-16-29/h5-7,10-14,17,19,21,23,29-30H,3-4,8-9,15-16,18,20,22,24H2,1-2H3,(H,36,39)/t30-/m0/s1.